The Balaban J connectivity index is 1.64. The third-order valence-electron chi connectivity index (χ3n) is 4.38. The molecule has 0 amide bonds. The summed E-state index contributed by atoms with van der Waals surface area (Å²) in [5.74, 6) is 0.487. The lowest BCUT2D eigenvalue weighted by atomic mass is 10.1. The van der Waals surface area contributed by atoms with E-state index in [4.69, 9.17) is 20.5 Å². The van der Waals surface area contributed by atoms with Crippen LogP contribution in [0.25, 0.3) is 0 Å². The average molecular weight is 448 g/mol. The van der Waals surface area contributed by atoms with Crippen LogP contribution in [-0.4, -0.2) is 23.5 Å². The smallest absolute Gasteiger partial charge is 0.339 e. The van der Waals surface area contributed by atoms with Crippen molar-refractivity contribution in [1.29, 1.82) is 0 Å². The maximum atomic E-state index is 12.6. The van der Waals surface area contributed by atoms with Crippen LogP contribution in [0.5, 0.6) is 17.4 Å². The van der Waals surface area contributed by atoms with Gasteiger partial charge in [0.1, 0.15) is 10.6 Å². The van der Waals surface area contributed by atoms with E-state index in [1.165, 1.54) is 6.07 Å². The number of hydrogen-bond donors (Lipinski definition) is 0. The molecular formula is C19H14ClN3O6S. The van der Waals surface area contributed by atoms with Gasteiger partial charge in [-0.1, -0.05) is 29.8 Å². The molecule has 1 saturated carbocycles. The lowest BCUT2D eigenvalue weighted by molar-refractivity contribution is -0.384. The maximum Gasteiger partial charge on any atom is 0.339 e. The van der Waals surface area contributed by atoms with Gasteiger partial charge < -0.3 is 8.92 Å². The fourth-order valence-electron chi connectivity index (χ4n) is 2.78. The first-order valence-corrected chi connectivity index (χ1v) is 10.6. The zero-order valence-corrected chi connectivity index (χ0v) is 16.8. The molecule has 9 nitrogen and oxygen atoms in total. The van der Waals surface area contributed by atoms with Gasteiger partial charge in [-0.25, -0.2) is 0 Å². The number of nitro groups is 1. The van der Waals surface area contributed by atoms with Crippen LogP contribution < -0.4 is 8.92 Å². The molecule has 0 unspecified atom stereocenters. The molecule has 0 atom stereocenters. The molecule has 3 aromatic rings. The Morgan fingerprint density at radius 2 is 1.73 bits per heavy atom. The van der Waals surface area contributed by atoms with Crippen molar-refractivity contribution in [3.63, 3.8) is 0 Å². The van der Waals surface area contributed by atoms with Crippen molar-refractivity contribution < 1.29 is 22.3 Å². The molecule has 0 saturated heterocycles. The highest BCUT2D eigenvalue weighted by Gasteiger charge is 2.28. The molecule has 1 heterocycles. The number of rotatable bonds is 7. The van der Waals surface area contributed by atoms with Crippen LogP contribution in [0.1, 0.15) is 24.3 Å². The van der Waals surface area contributed by atoms with Crippen LogP contribution in [0.2, 0.25) is 5.15 Å². The molecule has 0 spiro atoms. The Bertz CT molecular complexity index is 1210. The van der Waals surface area contributed by atoms with Gasteiger partial charge in [0.15, 0.2) is 5.15 Å². The minimum atomic E-state index is -4.33. The van der Waals surface area contributed by atoms with E-state index in [1.807, 2.05) is 12.1 Å². The number of ether oxygens (including phenoxy) is 1. The number of nitro benzene ring substituents is 1. The number of halogens is 1. The topological polar surface area (TPSA) is 122 Å². The van der Waals surface area contributed by atoms with Crippen LogP contribution in [-0.2, 0) is 10.1 Å². The second kappa shape index (κ2) is 7.88. The van der Waals surface area contributed by atoms with E-state index < -0.39 is 15.0 Å². The zero-order chi connectivity index (χ0) is 21.3. The van der Waals surface area contributed by atoms with Crippen molar-refractivity contribution in [1.82, 2.24) is 10.2 Å². The van der Waals surface area contributed by atoms with Crippen molar-refractivity contribution in [2.24, 2.45) is 0 Å². The molecule has 154 valence electrons. The van der Waals surface area contributed by atoms with E-state index in [2.05, 4.69) is 10.2 Å². The van der Waals surface area contributed by atoms with Gasteiger partial charge in [0.2, 0.25) is 5.75 Å². The molecule has 11 heteroatoms. The van der Waals surface area contributed by atoms with Crippen molar-refractivity contribution >= 4 is 27.4 Å². The SMILES string of the molecule is O=[N+]([O-])c1ccc(S(=O)(=O)Oc2cc(Cl)nnc2Oc2ccccc2C2CC2)cc1. The summed E-state index contributed by atoms with van der Waals surface area (Å²) in [6, 6.07) is 12.8. The number of para-hydroxylation sites is 1. The summed E-state index contributed by atoms with van der Waals surface area (Å²) in [7, 11) is -4.33. The van der Waals surface area contributed by atoms with Gasteiger partial charge in [-0.3, -0.25) is 10.1 Å². The molecule has 0 bridgehead atoms. The van der Waals surface area contributed by atoms with Gasteiger partial charge in [0, 0.05) is 18.2 Å². The number of benzene rings is 2. The van der Waals surface area contributed by atoms with E-state index in [1.54, 1.807) is 12.1 Å². The molecule has 4 rings (SSSR count). The first-order valence-electron chi connectivity index (χ1n) is 8.82. The summed E-state index contributed by atoms with van der Waals surface area (Å²) in [6.07, 6.45) is 2.09. The Kier molecular flexibility index (Phi) is 5.27. The third kappa shape index (κ3) is 4.34. The predicted molar refractivity (Wildman–Crippen MR) is 106 cm³/mol. The molecule has 1 aliphatic carbocycles. The summed E-state index contributed by atoms with van der Waals surface area (Å²) < 4.78 is 36.3. The summed E-state index contributed by atoms with van der Waals surface area (Å²) in [5, 5.41) is 18.2. The monoisotopic (exact) mass is 447 g/mol. The summed E-state index contributed by atoms with van der Waals surface area (Å²) >= 11 is 5.86. The van der Waals surface area contributed by atoms with Gasteiger partial charge in [0.25, 0.3) is 11.6 Å². The van der Waals surface area contributed by atoms with Gasteiger partial charge >= 0.3 is 10.1 Å². The van der Waals surface area contributed by atoms with Crippen LogP contribution in [0, 0.1) is 10.1 Å². The summed E-state index contributed by atoms with van der Waals surface area (Å²) in [6.45, 7) is 0. The molecule has 0 radical (unpaired) electrons. The second-order valence-corrected chi connectivity index (χ2v) is 8.47. The number of hydrogen-bond acceptors (Lipinski definition) is 8. The molecule has 0 aliphatic heterocycles. The van der Waals surface area contributed by atoms with E-state index in [0.717, 1.165) is 42.7 Å². The lowest BCUT2D eigenvalue weighted by Gasteiger charge is -2.13. The first kappa shape index (κ1) is 20.0. The van der Waals surface area contributed by atoms with Gasteiger partial charge in [-0.05, 0) is 42.5 Å². The first-order chi connectivity index (χ1) is 14.3. The quantitative estimate of drug-likeness (QED) is 0.295. The van der Waals surface area contributed by atoms with E-state index >= 15 is 0 Å². The second-order valence-electron chi connectivity index (χ2n) is 6.54. The lowest BCUT2D eigenvalue weighted by Crippen LogP contribution is -2.11. The molecule has 1 aromatic heterocycles. The molecule has 2 aromatic carbocycles. The molecule has 0 N–H and O–H groups in total. The summed E-state index contributed by atoms with van der Waals surface area (Å²) in [5.41, 5.74) is 0.738. The molecular weight excluding hydrogens is 434 g/mol. The van der Waals surface area contributed by atoms with Crippen molar-refractivity contribution in [2.45, 2.75) is 23.7 Å². The highest BCUT2D eigenvalue weighted by atomic mass is 35.5. The predicted octanol–water partition coefficient (Wildman–Crippen LogP) is 4.48. The third-order valence-corrected chi connectivity index (χ3v) is 5.81. The number of aromatic nitrogens is 2. The van der Waals surface area contributed by atoms with Crippen molar-refractivity contribution in [3.8, 4) is 17.4 Å². The van der Waals surface area contributed by atoms with Crippen LogP contribution in [0.15, 0.2) is 59.5 Å². The Morgan fingerprint density at radius 3 is 2.40 bits per heavy atom. The van der Waals surface area contributed by atoms with Crippen molar-refractivity contribution in [2.75, 3.05) is 0 Å². The normalized spacial score (nSPS) is 13.6. The Morgan fingerprint density at radius 1 is 1.03 bits per heavy atom. The van der Waals surface area contributed by atoms with E-state index in [-0.39, 0.29) is 27.4 Å². The van der Waals surface area contributed by atoms with Gasteiger partial charge in [-0.15, -0.1) is 10.2 Å². The summed E-state index contributed by atoms with van der Waals surface area (Å²) in [4.78, 5) is 9.86. The fourth-order valence-corrected chi connectivity index (χ4v) is 3.84. The minimum absolute atomic E-state index is 0.0910. The highest BCUT2D eigenvalue weighted by Crippen LogP contribution is 2.45. The largest absolute Gasteiger partial charge is 0.435 e. The average Bonchev–Trinajstić information content (AvgIpc) is 3.55. The standard InChI is InChI=1S/C19H14ClN3O6S/c20-18-11-17(29-30(26,27)14-9-7-13(8-10-14)23(24)25)19(22-21-18)28-16-4-2-1-3-15(16)12-5-6-12/h1-4,7-12H,5-6H2. The molecule has 1 fully saturated rings. The van der Waals surface area contributed by atoms with E-state index in [0.29, 0.717) is 11.7 Å². The van der Waals surface area contributed by atoms with Crippen molar-refractivity contribution in [3.05, 3.63) is 75.4 Å². The van der Waals surface area contributed by atoms with Gasteiger partial charge in [0.05, 0.1) is 4.92 Å². The minimum Gasteiger partial charge on any atom is -0.435 e. The van der Waals surface area contributed by atoms with Crippen LogP contribution >= 0.6 is 11.6 Å². The number of non-ortho nitro benzene ring substituents is 1. The Hall–Kier alpha value is -3.24. The highest BCUT2D eigenvalue weighted by molar-refractivity contribution is 7.87. The molecule has 1 aliphatic rings. The zero-order valence-electron chi connectivity index (χ0n) is 15.3. The van der Waals surface area contributed by atoms with E-state index in [9.17, 15) is 18.5 Å². The van der Waals surface area contributed by atoms with Crippen LogP contribution in [0.4, 0.5) is 5.69 Å². The number of nitrogens with zero attached hydrogens (tertiary/aromatic N) is 3. The fraction of sp³-hybridized carbons (Fsp3) is 0.158. The Labute approximate surface area is 176 Å². The van der Waals surface area contributed by atoms with Gasteiger partial charge in [-0.2, -0.15) is 8.42 Å². The maximum absolute atomic E-state index is 12.6. The van der Waals surface area contributed by atoms with Crippen LogP contribution in [0.3, 0.4) is 0 Å². The molecule has 30 heavy (non-hydrogen) atoms.